The maximum atomic E-state index is 11.6. The van der Waals surface area contributed by atoms with Crippen LogP contribution < -0.4 is 0 Å². The van der Waals surface area contributed by atoms with Gasteiger partial charge < -0.3 is 4.90 Å². The van der Waals surface area contributed by atoms with Crippen molar-refractivity contribution in [3.05, 3.63) is 36.9 Å². The van der Waals surface area contributed by atoms with Gasteiger partial charge in [0.05, 0.1) is 6.04 Å². The summed E-state index contributed by atoms with van der Waals surface area (Å²) < 4.78 is 0. The summed E-state index contributed by atoms with van der Waals surface area (Å²) in [5, 5.41) is 0. The third-order valence-corrected chi connectivity index (χ3v) is 2.59. The molecule has 78 valence electrons. The van der Waals surface area contributed by atoms with Gasteiger partial charge >= 0.3 is 0 Å². The monoisotopic (exact) mass is 203 g/mol. The average Bonchev–Trinajstić information content (AvgIpc) is 2.78. The van der Waals surface area contributed by atoms with Gasteiger partial charge in [0.25, 0.3) is 0 Å². The molecule has 0 radical (unpaired) electrons. The summed E-state index contributed by atoms with van der Waals surface area (Å²) in [4.78, 5) is 21.7. The number of hydrogen-bond acceptors (Lipinski definition) is 3. The van der Waals surface area contributed by atoms with Crippen molar-refractivity contribution in [3.63, 3.8) is 0 Å². The molecule has 1 unspecified atom stereocenters. The Balaban J connectivity index is 2.22. The number of carbonyl (C=O) groups excluding carboxylic acids is 1. The normalized spacial score (nSPS) is 20.3. The number of carbonyl (C=O) groups is 1. The molecule has 1 fully saturated rings. The molecule has 0 bridgehead atoms. The van der Waals surface area contributed by atoms with E-state index in [2.05, 4.69) is 16.5 Å². The Hall–Kier alpha value is -1.71. The largest absolute Gasteiger partial charge is 0.329 e. The van der Waals surface area contributed by atoms with E-state index >= 15 is 0 Å². The van der Waals surface area contributed by atoms with Crippen LogP contribution in [0.5, 0.6) is 0 Å². The lowest BCUT2D eigenvalue weighted by atomic mass is 10.2. The summed E-state index contributed by atoms with van der Waals surface area (Å²) in [5.41, 5.74) is 0. The summed E-state index contributed by atoms with van der Waals surface area (Å²) in [6.45, 7) is 4.27. The highest BCUT2D eigenvalue weighted by Gasteiger charge is 2.30. The van der Waals surface area contributed by atoms with Crippen LogP contribution in [-0.2, 0) is 4.79 Å². The van der Waals surface area contributed by atoms with E-state index in [9.17, 15) is 4.79 Å². The first-order valence-corrected chi connectivity index (χ1v) is 5.03. The van der Waals surface area contributed by atoms with Crippen molar-refractivity contribution in [1.29, 1.82) is 0 Å². The maximum absolute atomic E-state index is 11.6. The van der Waals surface area contributed by atoms with E-state index in [0.29, 0.717) is 0 Å². The molecule has 1 amide bonds. The first-order valence-electron chi connectivity index (χ1n) is 5.03. The highest BCUT2D eigenvalue weighted by molar-refractivity contribution is 5.87. The molecule has 1 aromatic heterocycles. The number of likely N-dealkylation sites (tertiary alicyclic amines) is 1. The molecule has 2 heterocycles. The molecule has 0 saturated carbocycles. The molecule has 1 aliphatic rings. The van der Waals surface area contributed by atoms with Crippen molar-refractivity contribution >= 4 is 5.91 Å². The fraction of sp³-hybridized carbons (Fsp3) is 0.364. The van der Waals surface area contributed by atoms with Crippen molar-refractivity contribution in [2.24, 2.45) is 0 Å². The van der Waals surface area contributed by atoms with E-state index in [-0.39, 0.29) is 11.9 Å². The zero-order valence-electron chi connectivity index (χ0n) is 8.47. The summed E-state index contributed by atoms with van der Waals surface area (Å²) in [6.07, 6.45) is 6.70. The molecule has 1 atom stereocenters. The Morgan fingerprint density at radius 1 is 1.53 bits per heavy atom. The highest BCUT2D eigenvalue weighted by atomic mass is 16.2. The van der Waals surface area contributed by atoms with Gasteiger partial charge in [-0.15, -0.1) is 0 Å². The minimum absolute atomic E-state index is 0.0247. The van der Waals surface area contributed by atoms with E-state index in [1.807, 2.05) is 0 Å². The zero-order chi connectivity index (χ0) is 10.7. The molecule has 4 heteroatoms. The molecular weight excluding hydrogens is 190 g/mol. The number of rotatable bonds is 2. The Bertz CT molecular complexity index is 363. The summed E-state index contributed by atoms with van der Waals surface area (Å²) in [6, 6.07) is 1.80. The SMILES string of the molecule is C=CC(=O)N1CCCC1c1ncccn1. The van der Waals surface area contributed by atoms with E-state index in [1.165, 1.54) is 6.08 Å². The first-order chi connectivity index (χ1) is 7.33. The average molecular weight is 203 g/mol. The molecule has 0 aliphatic carbocycles. The minimum Gasteiger partial charge on any atom is -0.329 e. The van der Waals surface area contributed by atoms with Crippen LogP contribution in [0, 0.1) is 0 Å². The van der Waals surface area contributed by atoms with Crippen LogP contribution in [0.15, 0.2) is 31.1 Å². The van der Waals surface area contributed by atoms with Gasteiger partial charge in [0.15, 0.2) is 5.82 Å². The van der Waals surface area contributed by atoms with Crippen LogP contribution in [0.3, 0.4) is 0 Å². The summed E-state index contributed by atoms with van der Waals surface area (Å²) in [5.74, 6) is 0.690. The molecule has 0 N–H and O–H groups in total. The first kappa shape index (κ1) is 9.83. The van der Waals surface area contributed by atoms with Gasteiger partial charge in [0, 0.05) is 18.9 Å². The maximum Gasteiger partial charge on any atom is 0.246 e. The van der Waals surface area contributed by atoms with Crippen molar-refractivity contribution in [2.45, 2.75) is 18.9 Å². The summed E-state index contributed by atoms with van der Waals surface area (Å²) in [7, 11) is 0. The standard InChI is InChI=1S/C11H13N3O/c1-2-10(15)14-8-3-5-9(14)11-12-6-4-7-13-11/h2,4,6-7,9H,1,3,5,8H2. The molecule has 1 aromatic rings. The fourth-order valence-electron chi connectivity index (χ4n) is 1.90. The van der Waals surface area contributed by atoms with E-state index in [1.54, 1.807) is 23.4 Å². The molecular formula is C11H13N3O. The second-order valence-corrected chi connectivity index (χ2v) is 3.50. The molecule has 0 spiro atoms. The number of amides is 1. The van der Waals surface area contributed by atoms with Gasteiger partial charge in [-0.1, -0.05) is 6.58 Å². The Kier molecular flexibility index (Phi) is 2.76. The molecule has 0 aromatic carbocycles. The van der Waals surface area contributed by atoms with Gasteiger partial charge in [0.2, 0.25) is 5.91 Å². The number of hydrogen-bond donors (Lipinski definition) is 0. The third kappa shape index (κ3) is 1.88. The predicted molar refractivity (Wildman–Crippen MR) is 55.9 cm³/mol. The van der Waals surface area contributed by atoms with Gasteiger partial charge in [-0.05, 0) is 25.0 Å². The fourth-order valence-corrected chi connectivity index (χ4v) is 1.90. The van der Waals surface area contributed by atoms with Crippen LogP contribution in [0.1, 0.15) is 24.7 Å². The molecule has 2 rings (SSSR count). The molecule has 15 heavy (non-hydrogen) atoms. The number of aromatic nitrogens is 2. The quantitative estimate of drug-likeness (QED) is 0.681. The van der Waals surface area contributed by atoms with Gasteiger partial charge in [-0.25, -0.2) is 9.97 Å². The van der Waals surface area contributed by atoms with E-state index < -0.39 is 0 Å². The number of nitrogens with zero attached hydrogens (tertiary/aromatic N) is 3. The minimum atomic E-state index is -0.0371. The van der Waals surface area contributed by atoms with Crippen LogP contribution in [-0.4, -0.2) is 27.3 Å². The van der Waals surface area contributed by atoms with Gasteiger partial charge in [0.1, 0.15) is 0 Å². The smallest absolute Gasteiger partial charge is 0.246 e. The van der Waals surface area contributed by atoms with Crippen molar-refractivity contribution < 1.29 is 4.79 Å². The van der Waals surface area contributed by atoms with Crippen LogP contribution in [0.25, 0.3) is 0 Å². The second-order valence-electron chi connectivity index (χ2n) is 3.50. The Morgan fingerprint density at radius 3 is 2.93 bits per heavy atom. The van der Waals surface area contributed by atoms with Crippen LogP contribution in [0.2, 0.25) is 0 Å². The summed E-state index contributed by atoms with van der Waals surface area (Å²) >= 11 is 0. The van der Waals surface area contributed by atoms with E-state index in [0.717, 1.165) is 25.2 Å². The van der Waals surface area contributed by atoms with E-state index in [4.69, 9.17) is 0 Å². The lowest BCUT2D eigenvalue weighted by molar-refractivity contribution is -0.127. The molecule has 1 aliphatic heterocycles. The topological polar surface area (TPSA) is 46.1 Å². The Labute approximate surface area is 88.7 Å². The van der Waals surface area contributed by atoms with Crippen molar-refractivity contribution in [3.8, 4) is 0 Å². The molecule has 4 nitrogen and oxygen atoms in total. The second kappa shape index (κ2) is 4.21. The van der Waals surface area contributed by atoms with Gasteiger partial charge in [-0.2, -0.15) is 0 Å². The van der Waals surface area contributed by atoms with Crippen LogP contribution >= 0.6 is 0 Å². The highest BCUT2D eigenvalue weighted by Crippen LogP contribution is 2.29. The van der Waals surface area contributed by atoms with Crippen molar-refractivity contribution in [1.82, 2.24) is 14.9 Å². The van der Waals surface area contributed by atoms with Crippen LogP contribution in [0.4, 0.5) is 0 Å². The predicted octanol–water partition coefficient (Wildman–Crippen LogP) is 1.33. The van der Waals surface area contributed by atoms with Gasteiger partial charge in [-0.3, -0.25) is 4.79 Å². The zero-order valence-corrected chi connectivity index (χ0v) is 8.47. The third-order valence-electron chi connectivity index (χ3n) is 2.59. The Morgan fingerprint density at radius 2 is 2.27 bits per heavy atom. The molecule has 1 saturated heterocycles. The van der Waals surface area contributed by atoms with Crippen molar-refractivity contribution in [2.75, 3.05) is 6.54 Å². The lowest BCUT2D eigenvalue weighted by Crippen LogP contribution is -2.29. The lowest BCUT2D eigenvalue weighted by Gasteiger charge is -2.21.